The van der Waals surface area contributed by atoms with Crippen molar-refractivity contribution < 1.29 is 29.2 Å². The summed E-state index contributed by atoms with van der Waals surface area (Å²) in [7, 11) is 1.56. The van der Waals surface area contributed by atoms with Crippen LogP contribution in [0, 0.1) is 11.8 Å². The normalized spacial score (nSPS) is 44.0. The average molecular weight is 380 g/mol. The molecule has 2 N–H and O–H groups in total. The molecule has 0 aromatic heterocycles. The smallest absolute Gasteiger partial charge is 0.312 e. The summed E-state index contributed by atoms with van der Waals surface area (Å²) < 4.78 is 16.7. The zero-order valence-corrected chi connectivity index (χ0v) is 16.5. The molecule has 0 aromatic rings. The number of fused-ring (bicyclic) bond motifs is 2. The number of epoxide rings is 1. The minimum Gasteiger partial charge on any atom is -0.459 e. The quantitative estimate of drug-likeness (QED) is 0.443. The van der Waals surface area contributed by atoms with Crippen LogP contribution in [0.3, 0.4) is 0 Å². The van der Waals surface area contributed by atoms with Gasteiger partial charge in [-0.2, -0.15) is 0 Å². The topological polar surface area (TPSA) is 88.5 Å². The van der Waals surface area contributed by atoms with Crippen LogP contribution in [-0.2, 0) is 19.0 Å². The average Bonchev–Trinajstić information content (AvgIpc) is 3.24. The molecule has 0 spiro atoms. The zero-order valence-electron chi connectivity index (χ0n) is 16.5. The molecule has 2 aliphatic heterocycles. The summed E-state index contributed by atoms with van der Waals surface area (Å²) in [5.74, 6) is -0.941. The number of hydrogen-bond donors (Lipinski definition) is 2. The summed E-state index contributed by atoms with van der Waals surface area (Å²) >= 11 is 0. The Bertz CT molecular complexity index is 612. The van der Waals surface area contributed by atoms with Crippen molar-refractivity contribution in [3.8, 4) is 0 Å². The molecule has 3 aliphatic rings. The van der Waals surface area contributed by atoms with Gasteiger partial charge in [0.05, 0.1) is 25.2 Å². The van der Waals surface area contributed by atoms with E-state index in [4.69, 9.17) is 14.2 Å². The number of carbonyl (C=O) groups excluding carboxylic acids is 1. The Morgan fingerprint density at radius 3 is 2.78 bits per heavy atom. The standard InChI is InChI=1S/C21H32O6/c1-13-6-4-8-14(2)18(23)19-15(16(11-25-3)20(24)26-19)10-17-21(12-22,27-17)9-5-7-13/h7-8,15-19,22-23H,4-6,9-12H2,1-3H3/b13-7+,14-8+/t15-,16+,17-,18-,19-,21+/m1/s1. The molecule has 2 fully saturated rings. The molecule has 2 saturated heterocycles. The van der Waals surface area contributed by atoms with Crippen LogP contribution in [0.5, 0.6) is 0 Å². The molecule has 0 unspecified atom stereocenters. The van der Waals surface area contributed by atoms with Crippen molar-refractivity contribution in [3.63, 3.8) is 0 Å². The molecule has 3 rings (SSSR count). The van der Waals surface area contributed by atoms with Gasteiger partial charge >= 0.3 is 5.97 Å². The Kier molecular flexibility index (Phi) is 6.41. The van der Waals surface area contributed by atoms with Crippen LogP contribution < -0.4 is 0 Å². The molecule has 0 saturated carbocycles. The van der Waals surface area contributed by atoms with E-state index in [0.717, 1.165) is 31.3 Å². The largest absolute Gasteiger partial charge is 0.459 e. The predicted octanol–water partition coefficient (Wildman–Crippen LogP) is 2.14. The Hall–Kier alpha value is -1.21. The van der Waals surface area contributed by atoms with Gasteiger partial charge in [-0.1, -0.05) is 17.7 Å². The summed E-state index contributed by atoms with van der Waals surface area (Å²) in [6, 6.07) is 0. The molecular weight excluding hydrogens is 348 g/mol. The van der Waals surface area contributed by atoms with Crippen LogP contribution in [0.1, 0.15) is 46.0 Å². The van der Waals surface area contributed by atoms with Crippen molar-refractivity contribution in [3.05, 3.63) is 23.3 Å². The number of ether oxygens (including phenoxy) is 3. The predicted molar refractivity (Wildman–Crippen MR) is 100 cm³/mol. The SMILES string of the molecule is COC[C@@H]1C(=O)O[C@@H]2[C@@H]1C[C@H]1O[C@]1(CO)CC/C=C(\C)CC/C=C(\C)[C@H]2O. The fraction of sp³-hybridized carbons (Fsp3) is 0.762. The van der Waals surface area contributed by atoms with E-state index in [1.807, 2.05) is 13.0 Å². The fourth-order valence-corrected chi connectivity index (χ4v) is 4.45. The molecular formula is C21H32O6. The van der Waals surface area contributed by atoms with Crippen LogP contribution in [0.4, 0.5) is 0 Å². The van der Waals surface area contributed by atoms with E-state index in [-0.39, 0.29) is 31.2 Å². The highest BCUT2D eigenvalue weighted by Crippen LogP contribution is 2.48. The lowest BCUT2D eigenvalue weighted by Crippen LogP contribution is -2.36. The van der Waals surface area contributed by atoms with Gasteiger partial charge in [0.15, 0.2) is 0 Å². The van der Waals surface area contributed by atoms with Crippen molar-refractivity contribution in [2.75, 3.05) is 20.3 Å². The maximum absolute atomic E-state index is 12.4. The molecule has 2 heterocycles. The molecule has 152 valence electrons. The zero-order chi connectivity index (χ0) is 19.6. The van der Waals surface area contributed by atoms with E-state index in [0.29, 0.717) is 6.42 Å². The maximum Gasteiger partial charge on any atom is 0.312 e. The molecule has 0 amide bonds. The van der Waals surface area contributed by atoms with Crippen molar-refractivity contribution >= 4 is 5.97 Å². The Morgan fingerprint density at radius 1 is 1.30 bits per heavy atom. The summed E-state index contributed by atoms with van der Waals surface area (Å²) in [5, 5.41) is 20.7. The van der Waals surface area contributed by atoms with Gasteiger partial charge in [0.1, 0.15) is 17.8 Å². The van der Waals surface area contributed by atoms with E-state index < -0.39 is 23.7 Å². The molecule has 6 nitrogen and oxygen atoms in total. The molecule has 27 heavy (non-hydrogen) atoms. The van der Waals surface area contributed by atoms with Gasteiger partial charge in [-0.05, 0) is 51.5 Å². The molecule has 1 aliphatic carbocycles. The van der Waals surface area contributed by atoms with Crippen molar-refractivity contribution in [2.24, 2.45) is 11.8 Å². The number of rotatable bonds is 3. The second-order valence-corrected chi connectivity index (χ2v) is 8.21. The van der Waals surface area contributed by atoms with Crippen LogP contribution in [0.25, 0.3) is 0 Å². The minimum absolute atomic E-state index is 0.0346. The van der Waals surface area contributed by atoms with Gasteiger partial charge in [-0.25, -0.2) is 0 Å². The van der Waals surface area contributed by atoms with Crippen LogP contribution in [0.2, 0.25) is 0 Å². The molecule has 6 heteroatoms. The van der Waals surface area contributed by atoms with Crippen LogP contribution >= 0.6 is 0 Å². The Labute approximate surface area is 161 Å². The lowest BCUT2D eigenvalue weighted by molar-refractivity contribution is -0.148. The number of esters is 1. The fourth-order valence-electron chi connectivity index (χ4n) is 4.45. The Morgan fingerprint density at radius 2 is 2.07 bits per heavy atom. The van der Waals surface area contributed by atoms with Gasteiger partial charge in [0.2, 0.25) is 0 Å². The number of aliphatic hydroxyl groups is 2. The monoisotopic (exact) mass is 380 g/mol. The number of allylic oxidation sites excluding steroid dienone is 3. The summed E-state index contributed by atoms with van der Waals surface area (Å²) in [4.78, 5) is 12.4. The summed E-state index contributed by atoms with van der Waals surface area (Å²) in [6.07, 6.45) is 6.61. The van der Waals surface area contributed by atoms with E-state index >= 15 is 0 Å². The van der Waals surface area contributed by atoms with Crippen molar-refractivity contribution in [1.82, 2.24) is 0 Å². The first kappa shape index (κ1) is 20.5. The third-order valence-corrected chi connectivity index (χ3v) is 6.34. The molecule has 0 bridgehead atoms. The third-order valence-electron chi connectivity index (χ3n) is 6.34. The van der Waals surface area contributed by atoms with E-state index in [1.54, 1.807) is 7.11 Å². The second kappa shape index (κ2) is 8.43. The number of methoxy groups -OCH3 is 1. The maximum atomic E-state index is 12.4. The highest BCUT2D eigenvalue weighted by Gasteiger charge is 2.59. The first-order valence-corrected chi connectivity index (χ1v) is 9.90. The minimum atomic E-state index is -0.838. The molecule has 0 radical (unpaired) electrons. The van der Waals surface area contributed by atoms with E-state index in [2.05, 4.69) is 13.0 Å². The number of carbonyl (C=O) groups is 1. The van der Waals surface area contributed by atoms with Gasteiger partial charge in [0.25, 0.3) is 0 Å². The van der Waals surface area contributed by atoms with E-state index in [1.165, 1.54) is 5.57 Å². The second-order valence-electron chi connectivity index (χ2n) is 8.21. The summed E-state index contributed by atoms with van der Waals surface area (Å²) in [5.41, 5.74) is 1.58. The van der Waals surface area contributed by atoms with E-state index in [9.17, 15) is 15.0 Å². The first-order valence-electron chi connectivity index (χ1n) is 9.90. The van der Waals surface area contributed by atoms with Crippen molar-refractivity contribution in [1.29, 1.82) is 0 Å². The lowest BCUT2D eigenvalue weighted by Gasteiger charge is -2.25. The molecule has 0 aromatic carbocycles. The van der Waals surface area contributed by atoms with Gasteiger partial charge in [0, 0.05) is 13.0 Å². The first-order chi connectivity index (χ1) is 12.9. The van der Waals surface area contributed by atoms with Crippen LogP contribution in [-0.4, -0.2) is 60.4 Å². The lowest BCUT2D eigenvalue weighted by atomic mass is 9.80. The third kappa shape index (κ3) is 4.29. The van der Waals surface area contributed by atoms with Gasteiger partial charge in [-0.15, -0.1) is 0 Å². The number of hydrogen-bond acceptors (Lipinski definition) is 6. The highest BCUT2D eigenvalue weighted by atomic mass is 16.6. The summed E-state index contributed by atoms with van der Waals surface area (Å²) in [6.45, 7) is 4.21. The van der Waals surface area contributed by atoms with Crippen LogP contribution in [0.15, 0.2) is 23.3 Å². The highest BCUT2D eigenvalue weighted by molar-refractivity contribution is 5.75. The number of aliphatic hydroxyl groups excluding tert-OH is 2. The Balaban J connectivity index is 1.87. The van der Waals surface area contributed by atoms with Gasteiger partial charge in [-0.3, -0.25) is 4.79 Å². The molecule has 6 atom stereocenters. The van der Waals surface area contributed by atoms with Crippen molar-refractivity contribution in [2.45, 2.75) is 69.9 Å². The van der Waals surface area contributed by atoms with Gasteiger partial charge < -0.3 is 24.4 Å².